The van der Waals surface area contributed by atoms with Crippen molar-refractivity contribution in [2.75, 3.05) is 7.05 Å². The molecule has 0 amide bonds. The van der Waals surface area contributed by atoms with Crippen LogP contribution in [-0.4, -0.2) is 29.1 Å². The van der Waals surface area contributed by atoms with Crippen LogP contribution in [0.2, 0.25) is 0 Å². The van der Waals surface area contributed by atoms with E-state index < -0.39 is 5.97 Å². The van der Waals surface area contributed by atoms with Crippen molar-refractivity contribution in [1.29, 1.82) is 0 Å². The van der Waals surface area contributed by atoms with E-state index in [0.29, 0.717) is 11.6 Å². The van der Waals surface area contributed by atoms with Crippen molar-refractivity contribution in [2.24, 2.45) is 11.8 Å². The van der Waals surface area contributed by atoms with Gasteiger partial charge in [-0.15, -0.1) is 0 Å². The Morgan fingerprint density at radius 1 is 1.24 bits per heavy atom. The van der Waals surface area contributed by atoms with E-state index in [9.17, 15) is 4.79 Å². The van der Waals surface area contributed by atoms with Gasteiger partial charge in [0.25, 0.3) is 0 Å². The molecule has 0 spiro atoms. The molecule has 3 nitrogen and oxygen atoms in total. The van der Waals surface area contributed by atoms with Gasteiger partial charge in [0.15, 0.2) is 0 Å². The maximum Gasteiger partial charge on any atom is 0.335 e. The monoisotopic (exact) mass is 289 g/mol. The Kier molecular flexibility index (Phi) is 5.40. The first-order chi connectivity index (χ1) is 9.99. The van der Waals surface area contributed by atoms with Crippen molar-refractivity contribution in [3.63, 3.8) is 0 Å². The minimum Gasteiger partial charge on any atom is -0.478 e. The second kappa shape index (κ2) is 7.08. The maximum atomic E-state index is 10.9. The Morgan fingerprint density at radius 3 is 2.43 bits per heavy atom. The van der Waals surface area contributed by atoms with Gasteiger partial charge < -0.3 is 5.11 Å². The van der Waals surface area contributed by atoms with Crippen molar-refractivity contribution in [3.05, 3.63) is 35.4 Å². The molecule has 0 bridgehead atoms. The topological polar surface area (TPSA) is 40.5 Å². The molecule has 1 aliphatic rings. The molecule has 1 aromatic rings. The second-order valence-corrected chi connectivity index (χ2v) is 6.68. The van der Waals surface area contributed by atoms with Crippen LogP contribution in [0, 0.1) is 11.8 Å². The summed E-state index contributed by atoms with van der Waals surface area (Å²) < 4.78 is 0. The molecule has 1 fully saturated rings. The summed E-state index contributed by atoms with van der Waals surface area (Å²) in [4.78, 5) is 13.3. The maximum absolute atomic E-state index is 10.9. The van der Waals surface area contributed by atoms with Gasteiger partial charge in [-0.2, -0.15) is 0 Å². The Morgan fingerprint density at radius 2 is 1.86 bits per heavy atom. The first kappa shape index (κ1) is 16.0. The van der Waals surface area contributed by atoms with E-state index in [1.165, 1.54) is 31.2 Å². The van der Waals surface area contributed by atoms with Gasteiger partial charge in [-0.3, -0.25) is 4.90 Å². The number of aromatic carboxylic acids is 1. The van der Waals surface area contributed by atoms with Crippen LogP contribution in [0.4, 0.5) is 0 Å². The van der Waals surface area contributed by atoms with Gasteiger partial charge in [0.05, 0.1) is 5.56 Å². The van der Waals surface area contributed by atoms with Gasteiger partial charge >= 0.3 is 5.97 Å². The number of nitrogens with zero attached hydrogens (tertiary/aromatic N) is 1. The number of hydrogen-bond acceptors (Lipinski definition) is 2. The fraction of sp³-hybridized carbons (Fsp3) is 0.611. The molecule has 0 saturated heterocycles. The summed E-state index contributed by atoms with van der Waals surface area (Å²) in [6.07, 6.45) is 5.31. The third kappa shape index (κ3) is 4.07. The first-order valence-corrected chi connectivity index (χ1v) is 8.01. The minimum atomic E-state index is -0.859. The van der Waals surface area contributed by atoms with Gasteiger partial charge in [-0.25, -0.2) is 4.79 Å². The van der Waals surface area contributed by atoms with E-state index in [2.05, 4.69) is 25.8 Å². The SMILES string of the molecule is CC(C)C1CCCCC1N(C)Cc1ccc(C(=O)O)cc1. The molecule has 3 heteroatoms. The smallest absolute Gasteiger partial charge is 0.335 e. The zero-order chi connectivity index (χ0) is 15.4. The van der Waals surface area contributed by atoms with E-state index in [-0.39, 0.29) is 0 Å². The standard InChI is InChI=1S/C18H27NO2/c1-13(2)16-6-4-5-7-17(16)19(3)12-14-8-10-15(11-9-14)18(20)21/h8-11,13,16-17H,4-7,12H2,1-3H3,(H,20,21). The number of hydrogen-bond donors (Lipinski definition) is 1. The molecular weight excluding hydrogens is 262 g/mol. The predicted octanol–water partition coefficient (Wildman–Crippen LogP) is 4.03. The van der Waals surface area contributed by atoms with Gasteiger partial charge in [0, 0.05) is 12.6 Å². The molecule has 0 heterocycles. The zero-order valence-corrected chi connectivity index (χ0v) is 13.4. The molecule has 1 N–H and O–H groups in total. The number of carboxylic acids is 1. The van der Waals surface area contributed by atoms with Crippen molar-refractivity contribution < 1.29 is 9.90 Å². The van der Waals surface area contributed by atoms with Crippen LogP contribution >= 0.6 is 0 Å². The Hall–Kier alpha value is -1.35. The lowest BCUT2D eigenvalue weighted by Crippen LogP contribution is -2.41. The average Bonchev–Trinajstić information content (AvgIpc) is 2.47. The van der Waals surface area contributed by atoms with Crippen LogP contribution in [0.25, 0.3) is 0 Å². The van der Waals surface area contributed by atoms with Crippen LogP contribution in [-0.2, 0) is 6.54 Å². The molecule has 1 aliphatic carbocycles. The fourth-order valence-corrected chi connectivity index (χ4v) is 3.62. The molecule has 2 atom stereocenters. The fourth-order valence-electron chi connectivity index (χ4n) is 3.62. The molecule has 0 aliphatic heterocycles. The van der Waals surface area contributed by atoms with E-state index in [1.54, 1.807) is 12.1 Å². The Labute approximate surface area is 128 Å². The minimum absolute atomic E-state index is 0.360. The van der Waals surface area contributed by atoms with E-state index in [4.69, 9.17) is 5.11 Å². The molecule has 0 aromatic heterocycles. The highest BCUT2D eigenvalue weighted by Crippen LogP contribution is 2.33. The normalized spacial score (nSPS) is 22.7. The first-order valence-electron chi connectivity index (χ1n) is 8.01. The average molecular weight is 289 g/mol. The lowest BCUT2D eigenvalue weighted by molar-refractivity contribution is 0.0696. The van der Waals surface area contributed by atoms with E-state index in [0.717, 1.165) is 18.4 Å². The Balaban J connectivity index is 2.02. The molecule has 21 heavy (non-hydrogen) atoms. The highest BCUT2D eigenvalue weighted by Gasteiger charge is 2.30. The van der Waals surface area contributed by atoms with Crippen molar-refractivity contribution >= 4 is 5.97 Å². The summed E-state index contributed by atoms with van der Waals surface area (Å²) in [6, 6.07) is 7.93. The summed E-state index contributed by atoms with van der Waals surface area (Å²) in [5.41, 5.74) is 1.55. The summed E-state index contributed by atoms with van der Waals surface area (Å²) in [7, 11) is 2.20. The molecule has 116 valence electrons. The molecule has 0 radical (unpaired) electrons. The molecule has 2 unspecified atom stereocenters. The summed E-state index contributed by atoms with van der Waals surface area (Å²) in [5, 5.41) is 8.95. The number of carbonyl (C=O) groups is 1. The van der Waals surface area contributed by atoms with Crippen LogP contribution in [0.15, 0.2) is 24.3 Å². The zero-order valence-electron chi connectivity index (χ0n) is 13.4. The summed E-state index contributed by atoms with van der Waals surface area (Å²) in [5.74, 6) is 0.649. The van der Waals surface area contributed by atoms with Crippen LogP contribution in [0.5, 0.6) is 0 Å². The summed E-state index contributed by atoms with van der Waals surface area (Å²) >= 11 is 0. The van der Waals surface area contributed by atoms with Gasteiger partial charge in [-0.05, 0) is 49.4 Å². The lowest BCUT2D eigenvalue weighted by atomic mass is 9.77. The van der Waals surface area contributed by atoms with Crippen molar-refractivity contribution in [3.8, 4) is 0 Å². The van der Waals surface area contributed by atoms with Crippen molar-refractivity contribution in [1.82, 2.24) is 4.90 Å². The number of benzene rings is 1. The quantitative estimate of drug-likeness (QED) is 0.889. The Bertz CT molecular complexity index is 467. The van der Waals surface area contributed by atoms with Gasteiger partial charge in [-0.1, -0.05) is 38.8 Å². The highest BCUT2D eigenvalue weighted by molar-refractivity contribution is 5.87. The molecule has 1 aromatic carbocycles. The van der Waals surface area contributed by atoms with E-state index >= 15 is 0 Å². The van der Waals surface area contributed by atoms with Crippen molar-refractivity contribution in [2.45, 2.75) is 52.1 Å². The van der Waals surface area contributed by atoms with Gasteiger partial charge in [0.1, 0.15) is 0 Å². The second-order valence-electron chi connectivity index (χ2n) is 6.68. The number of rotatable bonds is 5. The van der Waals surface area contributed by atoms with Gasteiger partial charge in [0.2, 0.25) is 0 Å². The van der Waals surface area contributed by atoms with E-state index in [1.807, 2.05) is 12.1 Å². The molecule has 1 saturated carbocycles. The van der Waals surface area contributed by atoms with Crippen LogP contribution in [0.1, 0.15) is 55.5 Å². The number of carboxylic acid groups (broad SMARTS) is 1. The molecule has 2 rings (SSSR count). The highest BCUT2D eigenvalue weighted by atomic mass is 16.4. The third-order valence-electron chi connectivity index (χ3n) is 4.84. The lowest BCUT2D eigenvalue weighted by Gasteiger charge is -2.40. The summed E-state index contributed by atoms with van der Waals surface area (Å²) in [6.45, 7) is 5.56. The largest absolute Gasteiger partial charge is 0.478 e. The molecular formula is C18H27NO2. The van der Waals surface area contributed by atoms with Crippen LogP contribution in [0.3, 0.4) is 0 Å². The predicted molar refractivity (Wildman–Crippen MR) is 85.5 cm³/mol. The third-order valence-corrected chi connectivity index (χ3v) is 4.84. The van der Waals surface area contributed by atoms with Crippen LogP contribution < -0.4 is 0 Å².